The van der Waals surface area contributed by atoms with E-state index in [2.05, 4.69) is 34.1 Å². The van der Waals surface area contributed by atoms with Gasteiger partial charge in [0.2, 0.25) is 5.95 Å². The Labute approximate surface area is 104 Å². The van der Waals surface area contributed by atoms with Crippen LogP contribution >= 0.6 is 23.5 Å². The molecule has 0 amide bonds. The predicted octanol–water partition coefficient (Wildman–Crippen LogP) is 1.47. The second-order valence-electron chi connectivity index (χ2n) is 2.81. The second-order valence-corrected chi connectivity index (χ2v) is 5.27. The minimum absolute atomic E-state index is 0.568. The molecule has 0 saturated carbocycles. The van der Waals surface area contributed by atoms with Gasteiger partial charge in [0.25, 0.3) is 0 Å². The molecule has 3 N–H and O–H groups in total. The van der Waals surface area contributed by atoms with Crippen LogP contribution in [-0.2, 0) is 0 Å². The van der Waals surface area contributed by atoms with Crippen molar-refractivity contribution in [2.75, 3.05) is 29.9 Å². The zero-order valence-corrected chi connectivity index (χ0v) is 11.2. The standard InChI is InChI=1S/C9H17N5S2/c1-3-15-8-12-7(11-6-5-10)13-9(14-8)16-4-2/h3-6,10H2,1-2H3,(H,11,12,13,14). The van der Waals surface area contributed by atoms with Gasteiger partial charge in [0.15, 0.2) is 10.3 Å². The van der Waals surface area contributed by atoms with Gasteiger partial charge < -0.3 is 11.1 Å². The first kappa shape index (κ1) is 13.5. The molecule has 0 atom stereocenters. The van der Waals surface area contributed by atoms with Gasteiger partial charge in [-0.05, 0) is 11.5 Å². The number of hydrogen-bond donors (Lipinski definition) is 2. The van der Waals surface area contributed by atoms with E-state index in [9.17, 15) is 0 Å². The zero-order chi connectivity index (χ0) is 11.8. The summed E-state index contributed by atoms with van der Waals surface area (Å²) in [4.78, 5) is 13.0. The van der Waals surface area contributed by atoms with Gasteiger partial charge in [0.1, 0.15) is 0 Å². The summed E-state index contributed by atoms with van der Waals surface area (Å²) in [5.74, 6) is 2.53. The summed E-state index contributed by atoms with van der Waals surface area (Å²) in [6.45, 7) is 5.40. The third-order valence-electron chi connectivity index (χ3n) is 1.57. The molecule has 90 valence electrons. The van der Waals surface area contributed by atoms with Crippen LogP contribution < -0.4 is 11.1 Å². The zero-order valence-electron chi connectivity index (χ0n) is 9.56. The number of anilines is 1. The lowest BCUT2D eigenvalue weighted by Crippen LogP contribution is -2.15. The van der Waals surface area contributed by atoms with Crippen LogP contribution in [0.1, 0.15) is 13.8 Å². The maximum absolute atomic E-state index is 5.43. The van der Waals surface area contributed by atoms with Crippen LogP contribution in [0.2, 0.25) is 0 Å². The highest BCUT2D eigenvalue weighted by Crippen LogP contribution is 2.19. The van der Waals surface area contributed by atoms with E-state index in [0.29, 0.717) is 19.0 Å². The normalized spacial score (nSPS) is 10.4. The van der Waals surface area contributed by atoms with Crippen LogP contribution in [-0.4, -0.2) is 39.5 Å². The summed E-state index contributed by atoms with van der Waals surface area (Å²) in [5.41, 5.74) is 5.43. The highest BCUT2D eigenvalue weighted by Gasteiger charge is 2.05. The predicted molar refractivity (Wildman–Crippen MR) is 70.2 cm³/mol. The molecule has 1 aromatic heterocycles. The van der Waals surface area contributed by atoms with Crippen molar-refractivity contribution in [1.82, 2.24) is 15.0 Å². The number of thioether (sulfide) groups is 2. The van der Waals surface area contributed by atoms with E-state index < -0.39 is 0 Å². The molecule has 16 heavy (non-hydrogen) atoms. The summed E-state index contributed by atoms with van der Waals surface area (Å²) >= 11 is 3.23. The average molecular weight is 259 g/mol. The van der Waals surface area contributed by atoms with Crippen molar-refractivity contribution < 1.29 is 0 Å². The Morgan fingerprint density at radius 2 is 1.62 bits per heavy atom. The second kappa shape index (κ2) is 7.70. The summed E-state index contributed by atoms with van der Waals surface area (Å²) in [7, 11) is 0. The third-order valence-corrected chi connectivity index (χ3v) is 3.03. The molecule has 7 heteroatoms. The van der Waals surface area contributed by atoms with Crippen molar-refractivity contribution in [2.24, 2.45) is 5.73 Å². The maximum atomic E-state index is 5.43. The van der Waals surface area contributed by atoms with E-state index in [-0.39, 0.29) is 0 Å². The lowest BCUT2D eigenvalue weighted by Gasteiger charge is -2.06. The Bertz CT molecular complexity index is 297. The first-order valence-corrected chi connectivity index (χ1v) is 7.22. The Morgan fingerprint density at radius 1 is 1.06 bits per heavy atom. The summed E-state index contributed by atoms with van der Waals surface area (Å²) in [6, 6.07) is 0. The van der Waals surface area contributed by atoms with E-state index in [1.165, 1.54) is 0 Å². The summed E-state index contributed by atoms with van der Waals surface area (Å²) in [6.07, 6.45) is 0. The van der Waals surface area contributed by atoms with E-state index in [4.69, 9.17) is 5.73 Å². The van der Waals surface area contributed by atoms with Crippen LogP contribution in [0.15, 0.2) is 10.3 Å². The summed E-state index contributed by atoms with van der Waals surface area (Å²) in [5, 5.41) is 4.62. The highest BCUT2D eigenvalue weighted by molar-refractivity contribution is 7.99. The third kappa shape index (κ3) is 4.54. The minimum atomic E-state index is 0.568. The minimum Gasteiger partial charge on any atom is -0.353 e. The smallest absolute Gasteiger partial charge is 0.227 e. The molecule has 0 spiro atoms. The Hall–Kier alpha value is -0.530. The molecule has 0 radical (unpaired) electrons. The quantitative estimate of drug-likeness (QED) is 0.718. The van der Waals surface area contributed by atoms with E-state index in [1.54, 1.807) is 23.5 Å². The fourth-order valence-corrected chi connectivity index (χ4v) is 2.17. The molecule has 0 unspecified atom stereocenters. The fraction of sp³-hybridized carbons (Fsp3) is 0.667. The SMILES string of the molecule is CCSc1nc(NCCN)nc(SCC)n1. The Balaban J connectivity index is 2.80. The monoisotopic (exact) mass is 259 g/mol. The number of nitrogens with one attached hydrogen (secondary N) is 1. The molecular weight excluding hydrogens is 242 g/mol. The largest absolute Gasteiger partial charge is 0.353 e. The van der Waals surface area contributed by atoms with Crippen LogP contribution in [0.25, 0.3) is 0 Å². The lowest BCUT2D eigenvalue weighted by molar-refractivity contribution is 0.799. The average Bonchev–Trinajstić information content (AvgIpc) is 2.27. The van der Waals surface area contributed by atoms with Gasteiger partial charge in [-0.3, -0.25) is 0 Å². The van der Waals surface area contributed by atoms with Gasteiger partial charge >= 0.3 is 0 Å². The van der Waals surface area contributed by atoms with Gasteiger partial charge in [-0.25, -0.2) is 0 Å². The lowest BCUT2D eigenvalue weighted by atomic mass is 10.6. The van der Waals surface area contributed by atoms with Crippen LogP contribution in [0, 0.1) is 0 Å². The molecule has 0 aliphatic carbocycles. The van der Waals surface area contributed by atoms with Gasteiger partial charge in [0, 0.05) is 13.1 Å². The van der Waals surface area contributed by atoms with Gasteiger partial charge in [-0.2, -0.15) is 15.0 Å². The van der Waals surface area contributed by atoms with Crippen molar-refractivity contribution in [3.63, 3.8) is 0 Å². The van der Waals surface area contributed by atoms with Crippen LogP contribution in [0.5, 0.6) is 0 Å². The van der Waals surface area contributed by atoms with Gasteiger partial charge in [-0.1, -0.05) is 37.4 Å². The number of rotatable bonds is 7. The fourth-order valence-electron chi connectivity index (χ4n) is 0.988. The summed E-state index contributed by atoms with van der Waals surface area (Å²) < 4.78 is 0. The number of hydrogen-bond acceptors (Lipinski definition) is 7. The Morgan fingerprint density at radius 3 is 2.06 bits per heavy atom. The molecule has 5 nitrogen and oxygen atoms in total. The van der Waals surface area contributed by atoms with Crippen LogP contribution in [0.3, 0.4) is 0 Å². The van der Waals surface area contributed by atoms with Gasteiger partial charge in [-0.15, -0.1) is 0 Å². The van der Waals surface area contributed by atoms with E-state index >= 15 is 0 Å². The molecule has 0 aliphatic rings. The topological polar surface area (TPSA) is 76.7 Å². The first-order valence-electron chi connectivity index (χ1n) is 5.25. The molecule has 1 rings (SSSR count). The molecule has 1 aromatic rings. The molecular formula is C9H17N5S2. The molecule has 1 heterocycles. The number of nitrogens with two attached hydrogens (primary N) is 1. The van der Waals surface area contributed by atoms with Gasteiger partial charge in [0.05, 0.1) is 0 Å². The van der Waals surface area contributed by atoms with E-state index in [0.717, 1.165) is 21.8 Å². The first-order chi connectivity index (χ1) is 7.80. The Kier molecular flexibility index (Phi) is 6.51. The number of aromatic nitrogens is 3. The maximum Gasteiger partial charge on any atom is 0.227 e. The molecule has 0 aromatic carbocycles. The van der Waals surface area contributed by atoms with Crippen molar-refractivity contribution in [3.05, 3.63) is 0 Å². The van der Waals surface area contributed by atoms with Crippen molar-refractivity contribution in [2.45, 2.75) is 24.2 Å². The molecule has 0 aliphatic heterocycles. The molecule has 0 bridgehead atoms. The van der Waals surface area contributed by atoms with Crippen molar-refractivity contribution >= 4 is 29.5 Å². The molecule has 0 fully saturated rings. The highest BCUT2D eigenvalue weighted by atomic mass is 32.2. The molecule has 0 saturated heterocycles. The van der Waals surface area contributed by atoms with Crippen molar-refractivity contribution in [1.29, 1.82) is 0 Å². The van der Waals surface area contributed by atoms with Crippen molar-refractivity contribution in [3.8, 4) is 0 Å². The van der Waals surface area contributed by atoms with Crippen LogP contribution in [0.4, 0.5) is 5.95 Å². The van der Waals surface area contributed by atoms with E-state index in [1.807, 2.05) is 0 Å². The number of nitrogens with zero attached hydrogens (tertiary/aromatic N) is 3.